The number of nitrogens with one attached hydrogen (secondary N) is 2. The molecule has 0 spiro atoms. The van der Waals surface area contributed by atoms with E-state index >= 15 is 0 Å². The fourth-order valence-electron chi connectivity index (χ4n) is 2.41. The number of carbonyl (C=O) groups excluding carboxylic acids is 3. The Morgan fingerprint density at radius 1 is 1.22 bits per heavy atom. The first-order valence-corrected chi connectivity index (χ1v) is 8.20. The summed E-state index contributed by atoms with van der Waals surface area (Å²) in [4.78, 5) is 35.3. The molecule has 1 aromatic carbocycles. The second-order valence-corrected chi connectivity index (χ2v) is 6.99. The van der Waals surface area contributed by atoms with Crippen LogP contribution in [0.15, 0.2) is 36.4 Å². The van der Waals surface area contributed by atoms with Gasteiger partial charge < -0.3 is 5.32 Å². The normalized spacial score (nSPS) is 17.2. The topological polar surface area (TPSA) is 75.3 Å². The molecule has 23 heavy (non-hydrogen) atoms. The maximum Gasteiger partial charge on any atom is 0.265 e. The van der Waals surface area contributed by atoms with Gasteiger partial charge in [0.1, 0.15) is 0 Å². The van der Waals surface area contributed by atoms with Crippen LogP contribution in [0.3, 0.4) is 0 Å². The summed E-state index contributed by atoms with van der Waals surface area (Å²) >= 11 is 7.03. The Morgan fingerprint density at radius 3 is 2.52 bits per heavy atom. The average molecular weight is 349 g/mol. The SMILES string of the molecule is O=C1CC(Cc2ccc(NC(=O)c3ccc(Cl)s3)cc2)C(=O)N1. The summed E-state index contributed by atoms with van der Waals surface area (Å²) in [5, 5.41) is 5.09. The van der Waals surface area contributed by atoms with Crippen molar-refractivity contribution >= 4 is 46.3 Å². The molecule has 1 unspecified atom stereocenters. The van der Waals surface area contributed by atoms with Crippen molar-refractivity contribution in [3.63, 3.8) is 0 Å². The van der Waals surface area contributed by atoms with Gasteiger partial charge in [-0.05, 0) is 36.2 Å². The number of halogens is 1. The van der Waals surface area contributed by atoms with Gasteiger partial charge in [-0.25, -0.2) is 0 Å². The highest BCUT2D eigenvalue weighted by molar-refractivity contribution is 7.18. The lowest BCUT2D eigenvalue weighted by Crippen LogP contribution is -2.22. The third kappa shape index (κ3) is 3.78. The lowest BCUT2D eigenvalue weighted by molar-refractivity contribution is -0.125. The van der Waals surface area contributed by atoms with E-state index in [1.807, 2.05) is 12.1 Å². The summed E-state index contributed by atoms with van der Waals surface area (Å²) in [5.41, 5.74) is 1.60. The molecule has 0 bridgehead atoms. The van der Waals surface area contributed by atoms with Crippen LogP contribution in [0.1, 0.15) is 21.7 Å². The number of hydrogen-bond acceptors (Lipinski definition) is 4. The first-order chi connectivity index (χ1) is 11.0. The molecule has 2 aromatic rings. The highest BCUT2D eigenvalue weighted by Crippen LogP contribution is 2.23. The van der Waals surface area contributed by atoms with E-state index in [2.05, 4.69) is 10.6 Å². The van der Waals surface area contributed by atoms with E-state index < -0.39 is 0 Å². The van der Waals surface area contributed by atoms with Crippen molar-refractivity contribution in [3.05, 3.63) is 51.2 Å². The fraction of sp³-hybridized carbons (Fsp3) is 0.188. The van der Waals surface area contributed by atoms with Crippen molar-refractivity contribution in [3.8, 4) is 0 Å². The summed E-state index contributed by atoms with van der Waals surface area (Å²) in [5.74, 6) is -0.966. The van der Waals surface area contributed by atoms with Crippen molar-refractivity contribution in [2.45, 2.75) is 12.8 Å². The van der Waals surface area contributed by atoms with Crippen LogP contribution in [0.5, 0.6) is 0 Å². The van der Waals surface area contributed by atoms with Crippen molar-refractivity contribution in [2.24, 2.45) is 5.92 Å². The van der Waals surface area contributed by atoms with Gasteiger partial charge in [-0.2, -0.15) is 0 Å². The second-order valence-electron chi connectivity index (χ2n) is 5.27. The van der Waals surface area contributed by atoms with E-state index in [0.29, 0.717) is 21.3 Å². The first-order valence-electron chi connectivity index (χ1n) is 7.00. The molecule has 2 heterocycles. The van der Waals surface area contributed by atoms with Gasteiger partial charge in [-0.15, -0.1) is 11.3 Å². The number of imide groups is 1. The summed E-state index contributed by atoms with van der Waals surface area (Å²) in [6, 6.07) is 10.6. The van der Waals surface area contributed by atoms with Gasteiger partial charge >= 0.3 is 0 Å². The van der Waals surface area contributed by atoms with Gasteiger partial charge in [0.15, 0.2) is 0 Å². The lowest BCUT2D eigenvalue weighted by Gasteiger charge is -2.08. The van der Waals surface area contributed by atoms with Crippen LogP contribution in [-0.4, -0.2) is 17.7 Å². The maximum absolute atomic E-state index is 12.0. The smallest absolute Gasteiger partial charge is 0.265 e. The monoisotopic (exact) mass is 348 g/mol. The molecule has 7 heteroatoms. The molecule has 5 nitrogen and oxygen atoms in total. The van der Waals surface area contributed by atoms with Crippen LogP contribution in [0.4, 0.5) is 5.69 Å². The van der Waals surface area contributed by atoms with Gasteiger partial charge in [0, 0.05) is 12.1 Å². The minimum atomic E-state index is -0.309. The Bertz CT molecular complexity index is 770. The standard InChI is InChI=1S/C16H13ClN2O3S/c17-13-6-5-12(23-13)16(22)18-11-3-1-9(2-4-11)7-10-8-14(20)19-15(10)21/h1-6,10H,7-8H2,(H,18,22)(H,19,20,21). The van der Waals surface area contributed by atoms with Crippen molar-refractivity contribution in [1.82, 2.24) is 5.32 Å². The number of benzene rings is 1. The molecule has 0 saturated carbocycles. The number of carbonyl (C=O) groups is 3. The molecule has 3 rings (SSSR count). The van der Waals surface area contributed by atoms with Gasteiger partial charge in [0.25, 0.3) is 5.91 Å². The molecular formula is C16H13ClN2O3S. The van der Waals surface area contributed by atoms with E-state index in [0.717, 1.165) is 5.56 Å². The molecule has 3 amide bonds. The van der Waals surface area contributed by atoms with Crippen molar-refractivity contribution < 1.29 is 14.4 Å². The minimum absolute atomic E-state index is 0.213. The number of anilines is 1. The Labute approximate surface area is 141 Å². The predicted molar refractivity (Wildman–Crippen MR) is 88.7 cm³/mol. The van der Waals surface area contributed by atoms with Crippen LogP contribution >= 0.6 is 22.9 Å². The zero-order valence-electron chi connectivity index (χ0n) is 12.0. The van der Waals surface area contributed by atoms with Gasteiger partial charge in [-0.3, -0.25) is 19.7 Å². The predicted octanol–water partition coefficient (Wildman–Crippen LogP) is 2.86. The van der Waals surface area contributed by atoms with E-state index in [1.54, 1.807) is 24.3 Å². The van der Waals surface area contributed by atoms with Crippen LogP contribution < -0.4 is 10.6 Å². The quantitative estimate of drug-likeness (QED) is 0.834. The Hall–Kier alpha value is -2.18. The van der Waals surface area contributed by atoms with Gasteiger partial charge in [0.2, 0.25) is 11.8 Å². The maximum atomic E-state index is 12.0. The molecule has 1 aromatic heterocycles. The summed E-state index contributed by atoms with van der Waals surface area (Å²) in [7, 11) is 0. The zero-order chi connectivity index (χ0) is 16.4. The van der Waals surface area contributed by atoms with Gasteiger partial charge in [-0.1, -0.05) is 23.7 Å². The van der Waals surface area contributed by atoms with E-state index in [-0.39, 0.29) is 30.1 Å². The fourth-order valence-corrected chi connectivity index (χ4v) is 3.35. The van der Waals surface area contributed by atoms with Crippen LogP contribution in [0, 0.1) is 5.92 Å². The Kier molecular flexibility index (Phi) is 4.45. The second kappa shape index (κ2) is 6.52. The number of thiophene rings is 1. The molecule has 1 aliphatic heterocycles. The lowest BCUT2D eigenvalue weighted by atomic mass is 9.98. The Morgan fingerprint density at radius 2 is 1.96 bits per heavy atom. The van der Waals surface area contributed by atoms with E-state index in [9.17, 15) is 14.4 Å². The molecule has 0 aliphatic carbocycles. The largest absolute Gasteiger partial charge is 0.321 e. The van der Waals surface area contributed by atoms with Gasteiger partial charge in [0.05, 0.1) is 15.1 Å². The van der Waals surface area contributed by atoms with Crippen molar-refractivity contribution in [2.75, 3.05) is 5.32 Å². The minimum Gasteiger partial charge on any atom is -0.321 e. The summed E-state index contributed by atoms with van der Waals surface area (Å²) in [6.07, 6.45) is 0.739. The third-order valence-electron chi connectivity index (χ3n) is 3.56. The van der Waals surface area contributed by atoms with Crippen LogP contribution in [0.2, 0.25) is 4.34 Å². The first kappa shape index (κ1) is 15.7. The molecule has 118 valence electrons. The molecule has 1 atom stereocenters. The molecule has 2 N–H and O–H groups in total. The molecule has 0 radical (unpaired) electrons. The Balaban J connectivity index is 1.62. The summed E-state index contributed by atoms with van der Waals surface area (Å²) in [6.45, 7) is 0. The molecule has 1 saturated heterocycles. The van der Waals surface area contributed by atoms with Crippen LogP contribution in [-0.2, 0) is 16.0 Å². The third-order valence-corrected chi connectivity index (χ3v) is 4.79. The van der Waals surface area contributed by atoms with E-state index in [1.165, 1.54) is 11.3 Å². The number of rotatable bonds is 4. The number of amides is 3. The van der Waals surface area contributed by atoms with Crippen molar-refractivity contribution in [1.29, 1.82) is 0 Å². The average Bonchev–Trinajstić information content (AvgIpc) is 3.07. The molecule has 1 aliphatic rings. The number of hydrogen-bond donors (Lipinski definition) is 2. The zero-order valence-corrected chi connectivity index (χ0v) is 13.5. The summed E-state index contributed by atoms with van der Waals surface area (Å²) < 4.78 is 0.565. The molecular weight excluding hydrogens is 336 g/mol. The molecule has 1 fully saturated rings. The highest BCUT2D eigenvalue weighted by Gasteiger charge is 2.30. The van der Waals surface area contributed by atoms with E-state index in [4.69, 9.17) is 11.6 Å². The van der Waals surface area contributed by atoms with Crippen LogP contribution in [0.25, 0.3) is 0 Å². The highest BCUT2D eigenvalue weighted by atomic mass is 35.5.